The summed E-state index contributed by atoms with van der Waals surface area (Å²) >= 11 is 0. The molecule has 0 spiro atoms. The fourth-order valence-electron chi connectivity index (χ4n) is 1.43. The van der Waals surface area contributed by atoms with E-state index in [1.165, 1.54) is 0 Å². The van der Waals surface area contributed by atoms with Crippen LogP contribution >= 0.6 is 0 Å². The Morgan fingerprint density at radius 2 is 1.36 bits per heavy atom. The van der Waals surface area contributed by atoms with Gasteiger partial charge < -0.3 is 15.2 Å². The van der Waals surface area contributed by atoms with E-state index in [9.17, 15) is 0 Å². The molecule has 1 aliphatic rings. The lowest BCUT2D eigenvalue weighted by Crippen LogP contribution is -2.54. The van der Waals surface area contributed by atoms with Gasteiger partial charge in [-0.15, -0.1) is 0 Å². The second-order valence-electron chi connectivity index (χ2n) is 5.83. The molecule has 0 aromatic carbocycles. The summed E-state index contributed by atoms with van der Waals surface area (Å²) in [5.74, 6) is 0. The molecule has 2 unspecified atom stereocenters. The maximum atomic E-state index is 5.96. The Morgan fingerprint density at radius 3 is 1.64 bits per heavy atom. The molecule has 0 radical (unpaired) electrons. The van der Waals surface area contributed by atoms with Crippen LogP contribution in [0.1, 0.15) is 34.6 Å². The lowest BCUT2D eigenvalue weighted by Gasteiger charge is -2.41. The highest BCUT2D eigenvalue weighted by Gasteiger charge is 2.36. The molecule has 3 nitrogen and oxygen atoms in total. The molecule has 2 N–H and O–H groups in total. The summed E-state index contributed by atoms with van der Waals surface area (Å²) in [4.78, 5) is 0. The number of nitrogens with two attached hydrogens (primary N) is 1. The Kier molecular flexibility index (Phi) is 3.24. The molecule has 1 aliphatic heterocycles. The summed E-state index contributed by atoms with van der Waals surface area (Å²) in [5, 5.41) is 0. The summed E-state index contributed by atoms with van der Waals surface area (Å²) in [5.41, 5.74) is 5.79. The van der Waals surface area contributed by atoms with E-state index >= 15 is 0 Å². The van der Waals surface area contributed by atoms with E-state index in [-0.39, 0.29) is 23.2 Å². The lowest BCUT2D eigenvalue weighted by atomic mass is 9.88. The van der Waals surface area contributed by atoms with Crippen LogP contribution in [0.2, 0.25) is 0 Å². The standard InChI is InChI=1S/C11H23NO2/c1-10(2,3)8-6-14-9(7-13-8)11(4,5)12/h8-9H,6-7,12H2,1-5H3. The molecule has 1 saturated heterocycles. The third kappa shape index (κ3) is 2.94. The molecule has 2 atom stereocenters. The molecular weight excluding hydrogens is 178 g/mol. The second kappa shape index (κ2) is 3.80. The number of hydrogen-bond donors (Lipinski definition) is 1. The molecule has 0 aromatic rings. The third-order valence-corrected chi connectivity index (χ3v) is 2.69. The van der Waals surface area contributed by atoms with Gasteiger partial charge in [-0.25, -0.2) is 0 Å². The van der Waals surface area contributed by atoms with Gasteiger partial charge in [-0.2, -0.15) is 0 Å². The van der Waals surface area contributed by atoms with Crippen molar-refractivity contribution >= 4 is 0 Å². The molecule has 0 aromatic heterocycles. The van der Waals surface area contributed by atoms with Gasteiger partial charge in [-0.05, 0) is 19.3 Å². The monoisotopic (exact) mass is 201 g/mol. The van der Waals surface area contributed by atoms with Gasteiger partial charge in [-0.3, -0.25) is 0 Å². The quantitative estimate of drug-likeness (QED) is 0.700. The molecule has 1 heterocycles. The Bertz CT molecular complexity index is 160. The molecule has 14 heavy (non-hydrogen) atoms. The van der Waals surface area contributed by atoms with Crippen LogP contribution in [-0.4, -0.2) is 31.0 Å². The van der Waals surface area contributed by atoms with Crippen molar-refractivity contribution in [3.63, 3.8) is 0 Å². The van der Waals surface area contributed by atoms with Crippen LogP contribution in [0.3, 0.4) is 0 Å². The van der Waals surface area contributed by atoms with Gasteiger partial charge in [0.25, 0.3) is 0 Å². The summed E-state index contributed by atoms with van der Waals surface area (Å²) in [6, 6.07) is 0. The van der Waals surface area contributed by atoms with Crippen LogP contribution in [0.15, 0.2) is 0 Å². The molecule has 1 rings (SSSR count). The summed E-state index contributed by atoms with van der Waals surface area (Å²) < 4.78 is 11.5. The van der Waals surface area contributed by atoms with E-state index in [0.29, 0.717) is 13.2 Å². The first-order valence-corrected chi connectivity index (χ1v) is 5.23. The normalized spacial score (nSPS) is 30.4. The fraction of sp³-hybridized carbons (Fsp3) is 1.00. The maximum absolute atomic E-state index is 5.96. The van der Waals surface area contributed by atoms with Crippen LogP contribution in [0.25, 0.3) is 0 Å². The minimum absolute atomic E-state index is 0.0149. The minimum Gasteiger partial charge on any atom is -0.373 e. The maximum Gasteiger partial charge on any atom is 0.0983 e. The number of ether oxygens (including phenoxy) is 2. The lowest BCUT2D eigenvalue weighted by molar-refractivity contribution is -0.178. The Morgan fingerprint density at radius 1 is 0.929 bits per heavy atom. The highest BCUT2D eigenvalue weighted by atomic mass is 16.6. The van der Waals surface area contributed by atoms with Gasteiger partial charge in [0.2, 0.25) is 0 Å². The molecule has 3 heteroatoms. The zero-order valence-corrected chi connectivity index (χ0v) is 9.96. The first-order chi connectivity index (χ1) is 6.21. The van der Waals surface area contributed by atoms with Crippen molar-refractivity contribution in [1.82, 2.24) is 0 Å². The van der Waals surface area contributed by atoms with Gasteiger partial charge in [0.05, 0.1) is 25.4 Å². The molecule has 84 valence electrons. The van der Waals surface area contributed by atoms with Crippen molar-refractivity contribution < 1.29 is 9.47 Å². The summed E-state index contributed by atoms with van der Waals surface area (Å²) in [7, 11) is 0. The smallest absolute Gasteiger partial charge is 0.0983 e. The van der Waals surface area contributed by atoms with E-state index in [2.05, 4.69) is 20.8 Å². The minimum atomic E-state index is -0.317. The van der Waals surface area contributed by atoms with E-state index in [1.807, 2.05) is 13.8 Å². The van der Waals surface area contributed by atoms with Gasteiger partial charge in [-0.1, -0.05) is 20.8 Å². The van der Waals surface area contributed by atoms with Crippen LogP contribution in [0.5, 0.6) is 0 Å². The van der Waals surface area contributed by atoms with Crippen molar-refractivity contribution in [2.24, 2.45) is 11.1 Å². The molecule has 0 amide bonds. The predicted molar refractivity (Wildman–Crippen MR) is 57.2 cm³/mol. The molecular formula is C11H23NO2. The predicted octanol–water partition coefficient (Wildman–Crippen LogP) is 1.55. The topological polar surface area (TPSA) is 44.5 Å². The van der Waals surface area contributed by atoms with Crippen molar-refractivity contribution in [2.45, 2.75) is 52.4 Å². The Labute approximate surface area is 86.9 Å². The van der Waals surface area contributed by atoms with Gasteiger partial charge in [0, 0.05) is 5.54 Å². The molecule has 1 fully saturated rings. The highest BCUT2D eigenvalue weighted by molar-refractivity contribution is 4.87. The SMILES string of the molecule is CC(C)(C)C1COC(C(C)(C)N)CO1. The van der Waals surface area contributed by atoms with E-state index in [0.717, 1.165) is 0 Å². The largest absolute Gasteiger partial charge is 0.373 e. The van der Waals surface area contributed by atoms with Gasteiger partial charge in [0.1, 0.15) is 0 Å². The summed E-state index contributed by atoms with van der Waals surface area (Å²) in [6.07, 6.45) is 0.196. The molecule has 0 aliphatic carbocycles. The number of rotatable bonds is 1. The average molecular weight is 201 g/mol. The van der Waals surface area contributed by atoms with Crippen LogP contribution in [-0.2, 0) is 9.47 Å². The fourth-order valence-corrected chi connectivity index (χ4v) is 1.43. The van der Waals surface area contributed by atoms with Gasteiger partial charge >= 0.3 is 0 Å². The zero-order chi connectivity index (χ0) is 11.0. The van der Waals surface area contributed by atoms with Crippen molar-refractivity contribution in [3.05, 3.63) is 0 Å². The van der Waals surface area contributed by atoms with E-state index in [4.69, 9.17) is 15.2 Å². The second-order valence-corrected chi connectivity index (χ2v) is 5.83. The first kappa shape index (κ1) is 12.0. The van der Waals surface area contributed by atoms with Crippen LogP contribution in [0.4, 0.5) is 0 Å². The Balaban J connectivity index is 2.47. The van der Waals surface area contributed by atoms with Crippen LogP contribution < -0.4 is 5.73 Å². The van der Waals surface area contributed by atoms with Crippen molar-refractivity contribution in [1.29, 1.82) is 0 Å². The molecule has 0 saturated carbocycles. The number of hydrogen-bond acceptors (Lipinski definition) is 3. The zero-order valence-electron chi connectivity index (χ0n) is 9.96. The first-order valence-electron chi connectivity index (χ1n) is 5.23. The van der Waals surface area contributed by atoms with Crippen LogP contribution in [0, 0.1) is 5.41 Å². The molecule has 0 bridgehead atoms. The third-order valence-electron chi connectivity index (χ3n) is 2.69. The summed E-state index contributed by atoms with van der Waals surface area (Å²) in [6.45, 7) is 11.7. The van der Waals surface area contributed by atoms with E-state index in [1.54, 1.807) is 0 Å². The van der Waals surface area contributed by atoms with E-state index < -0.39 is 0 Å². The average Bonchev–Trinajstić information content (AvgIpc) is 2.01. The highest BCUT2D eigenvalue weighted by Crippen LogP contribution is 2.27. The Hall–Kier alpha value is -0.120. The van der Waals surface area contributed by atoms with Gasteiger partial charge in [0.15, 0.2) is 0 Å². The van der Waals surface area contributed by atoms with Crippen molar-refractivity contribution in [3.8, 4) is 0 Å². The van der Waals surface area contributed by atoms with Crippen molar-refractivity contribution in [2.75, 3.05) is 13.2 Å².